The Labute approximate surface area is 127 Å². The molecule has 0 aliphatic carbocycles. The molecule has 14 heavy (non-hydrogen) atoms. The van der Waals surface area contributed by atoms with Gasteiger partial charge in [-0.25, -0.2) is 0 Å². The van der Waals surface area contributed by atoms with E-state index in [1.54, 1.807) is 0 Å². The summed E-state index contributed by atoms with van der Waals surface area (Å²) in [5, 5.41) is 18.7. The van der Waals surface area contributed by atoms with Crippen molar-refractivity contribution in [2.75, 3.05) is 6.54 Å². The number of carboxylic acid groups (broad SMARTS) is 1. The molecule has 0 aromatic rings. The molecule has 0 radical (unpaired) electrons. The van der Waals surface area contributed by atoms with Crippen LogP contribution >= 0.6 is 0 Å². The summed E-state index contributed by atoms with van der Waals surface area (Å²) >= 11 is 0. The third-order valence-electron chi connectivity index (χ3n) is 1.68. The number of aliphatic carboxylic acids is 1. The first kappa shape index (κ1) is 16.9. The number of rotatable bonds is 6. The van der Waals surface area contributed by atoms with Crippen LogP contribution in [0.15, 0.2) is 0 Å². The van der Waals surface area contributed by atoms with Crippen LogP contribution in [0.3, 0.4) is 0 Å². The maximum absolute atomic E-state index is 10.4. The van der Waals surface area contributed by atoms with Gasteiger partial charge in [-0.15, -0.1) is 0 Å². The van der Waals surface area contributed by atoms with Crippen LogP contribution in [0.4, 0.5) is 0 Å². The maximum Gasteiger partial charge on any atom is 1.00 e. The number of hydrogen-bond donors (Lipinski definition) is 1. The van der Waals surface area contributed by atoms with E-state index in [1.807, 2.05) is 13.8 Å². The van der Waals surface area contributed by atoms with Gasteiger partial charge in [0.15, 0.2) is 0 Å². The quantitative estimate of drug-likeness (QED) is 0.342. The summed E-state index contributed by atoms with van der Waals surface area (Å²) in [5.41, 5.74) is 0. The summed E-state index contributed by atoms with van der Waals surface area (Å²) < 4.78 is 0. The molecule has 5 nitrogen and oxygen atoms in total. The number of nitrogens with zero attached hydrogens (tertiary/aromatic N) is 1. The molecule has 1 unspecified atom stereocenters. The van der Waals surface area contributed by atoms with Crippen molar-refractivity contribution in [2.24, 2.45) is 11.8 Å². The van der Waals surface area contributed by atoms with Crippen LogP contribution in [0.1, 0.15) is 28.1 Å². The largest absolute Gasteiger partial charge is 1.00 e. The second-order valence-corrected chi connectivity index (χ2v) is 3.61. The molecule has 0 aromatic carbocycles. The zero-order valence-electron chi connectivity index (χ0n) is 9.90. The van der Waals surface area contributed by atoms with Gasteiger partial charge in [0, 0.05) is 10.8 Å². The van der Waals surface area contributed by atoms with Gasteiger partial charge < -0.3 is 6.53 Å². The van der Waals surface area contributed by atoms with Crippen molar-refractivity contribution < 1.29 is 67.6 Å². The molecule has 0 fully saturated rings. The first-order valence-electron chi connectivity index (χ1n) is 4.25. The van der Waals surface area contributed by atoms with Crippen LogP contribution < -0.4 is 51.4 Å². The molecule has 0 saturated carbocycles. The van der Waals surface area contributed by atoms with Crippen molar-refractivity contribution in [1.82, 2.24) is 0 Å². The molecule has 0 aliphatic heterocycles. The topological polar surface area (TPSA) is 80.4 Å². The molecule has 0 aliphatic rings. The van der Waals surface area contributed by atoms with E-state index in [2.05, 4.69) is 0 Å². The fourth-order valence-electron chi connectivity index (χ4n) is 1.35. The van der Waals surface area contributed by atoms with Gasteiger partial charge in [-0.2, -0.15) is 0 Å². The maximum atomic E-state index is 10.4. The van der Waals surface area contributed by atoms with Gasteiger partial charge in [-0.1, -0.05) is 13.8 Å². The molecule has 0 saturated heterocycles. The van der Waals surface area contributed by atoms with Crippen LogP contribution in [-0.2, 0) is 4.79 Å². The van der Waals surface area contributed by atoms with Gasteiger partial charge >= 0.3 is 57.4 Å². The summed E-state index contributed by atoms with van der Waals surface area (Å²) in [4.78, 5) is 20.1. The fourth-order valence-corrected chi connectivity index (χ4v) is 1.35. The second kappa shape index (κ2) is 8.79. The van der Waals surface area contributed by atoms with Gasteiger partial charge in [0.05, 0.1) is 6.42 Å². The average molecular weight is 229 g/mol. The van der Waals surface area contributed by atoms with Crippen LogP contribution in [0, 0.1) is 22.0 Å². The first-order valence-corrected chi connectivity index (χ1v) is 4.25. The smallest absolute Gasteiger partial charge is 1.00 e. The Hall–Kier alpha value is 0.506. The Morgan fingerprint density at radius 1 is 1.57 bits per heavy atom. The molecular formula is C8H16KNO4. The molecule has 78 valence electrons. The predicted octanol–water partition coefficient (Wildman–Crippen LogP) is -1.48. The van der Waals surface area contributed by atoms with E-state index in [9.17, 15) is 14.9 Å². The van der Waals surface area contributed by atoms with Gasteiger partial charge in [0.1, 0.15) is 0 Å². The third-order valence-corrected chi connectivity index (χ3v) is 1.68. The standard InChI is InChI=1S/C8H15NO4.K.H/c1-6(2)3-7(4-8(10)11)5-9(12)13;;/h6-7H,3-5H2,1-2H3,(H,10,11);;/q;+1;-1. The summed E-state index contributed by atoms with van der Waals surface area (Å²) in [6.45, 7) is 3.61. The van der Waals surface area contributed by atoms with Crippen molar-refractivity contribution in [3.05, 3.63) is 10.1 Å². The van der Waals surface area contributed by atoms with E-state index in [4.69, 9.17) is 5.11 Å². The van der Waals surface area contributed by atoms with Gasteiger partial charge in [0.2, 0.25) is 6.54 Å². The van der Waals surface area contributed by atoms with Crippen LogP contribution in [0.25, 0.3) is 0 Å². The minimum atomic E-state index is -0.965. The summed E-state index contributed by atoms with van der Waals surface area (Å²) in [6.07, 6.45) is 0.479. The van der Waals surface area contributed by atoms with Crippen LogP contribution in [-0.4, -0.2) is 22.5 Å². The second-order valence-electron chi connectivity index (χ2n) is 3.61. The van der Waals surface area contributed by atoms with E-state index in [0.717, 1.165) is 0 Å². The van der Waals surface area contributed by atoms with E-state index in [0.29, 0.717) is 12.3 Å². The van der Waals surface area contributed by atoms with Crippen molar-refractivity contribution in [3.63, 3.8) is 0 Å². The summed E-state index contributed by atoms with van der Waals surface area (Å²) in [7, 11) is 0. The molecule has 0 heterocycles. The number of hydrogen-bond acceptors (Lipinski definition) is 3. The zero-order valence-corrected chi connectivity index (χ0v) is 12.0. The van der Waals surface area contributed by atoms with Gasteiger partial charge in [0.25, 0.3) is 0 Å². The molecule has 6 heteroatoms. The van der Waals surface area contributed by atoms with E-state index < -0.39 is 10.9 Å². The molecule has 0 amide bonds. The van der Waals surface area contributed by atoms with Gasteiger partial charge in [-0.3, -0.25) is 14.9 Å². The monoisotopic (exact) mass is 229 g/mol. The van der Waals surface area contributed by atoms with Gasteiger partial charge in [-0.05, 0) is 12.3 Å². The molecule has 0 rings (SSSR count). The average Bonchev–Trinajstić information content (AvgIpc) is 1.80. The number of carbonyl (C=O) groups is 1. The normalized spacial score (nSPS) is 11.9. The minimum absolute atomic E-state index is 0. The van der Waals surface area contributed by atoms with E-state index in [1.165, 1.54) is 0 Å². The predicted molar refractivity (Wildman–Crippen MR) is 48.2 cm³/mol. The Morgan fingerprint density at radius 3 is 2.36 bits per heavy atom. The van der Waals surface area contributed by atoms with Crippen molar-refractivity contribution in [3.8, 4) is 0 Å². The molecular weight excluding hydrogens is 213 g/mol. The van der Waals surface area contributed by atoms with Crippen molar-refractivity contribution >= 4 is 5.97 Å². The Morgan fingerprint density at radius 2 is 2.07 bits per heavy atom. The van der Waals surface area contributed by atoms with Crippen LogP contribution in [0.2, 0.25) is 0 Å². The van der Waals surface area contributed by atoms with E-state index in [-0.39, 0.29) is 71.7 Å². The third kappa shape index (κ3) is 10.6. The van der Waals surface area contributed by atoms with Crippen molar-refractivity contribution in [2.45, 2.75) is 26.7 Å². The number of nitro groups is 1. The molecule has 1 N–H and O–H groups in total. The SMILES string of the molecule is CC(C)CC(CC(=O)O)C[N+](=O)[O-].[H-].[K+]. The molecule has 0 spiro atoms. The minimum Gasteiger partial charge on any atom is -1.00 e. The molecule has 0 aromatic heterocycles. The van der Waals surface area contributed by atoms with E-state index >= 15 is 0 Å². The van der Waals surface area contributed by atoms with Crippen LogP contribution in [0.5, 0.6) is 0 Å². The Bertz CT molecular complexity index is 185. The first-order chi connectivity index (χ1) is 5.91. The zero-order chi connectivity index (χ0) is 10.4. The molecule has 0 bridgehead atoms. The fraction of sp³-hybridized carbons (Fsp3) is 0.875. The molecule has 1 atom stereocenters. The Balaban J connectivity index is -0.000000720. The Kier molecular flexibility index (Phi) is 10.6. The van der Waals surface area contributed by atoms with Crippen molar-refractivity contribution in [1.29, 1.82) is 0 Å². The summed E-state index contributed by atoms with van der Waals surface area (Å²) in [5.74, 6) is -1.01. The number of carboxylic acids is 1. The summed E-state index contributed by atoms with van der Waals surface area (Å²) in [6, 6.07) is 0.